The third kappa shape index (κ3) is 4.44. The lowest BCUT2D eigenvalue weighted by Gasteiger charge is -2.16. The van der Waals surface area contributed by atoms with Gasteiger partial charge in [0, 0.05) is 15.1 Å². The standard InChI is InChI=1S/C15H16BrFN2OS/c1-20-15-7-2-10(8-13(15)17)14(19-18)9-21-12-5-3-11(16)4-6-12/h2-8,14,19H,9,18H2,1H3. The summed E-state index contributed by atoms with van der Waals surface area (Å²) in [6.07, 6.45) is 0. The summed E-state index contributed by atoms with van der Waals surface area (Å²) in [5, 5.41) is 0. The van der Waals surface area contributed by atoms with Crippen LogP contribution in [-0.2, 0) is 0 Å². The molecule has 0 saturated heterocycles. The Hall–Kier alpha value is -1.08. The molecule has 0 aliphatic carbocycles. The maximum atomic E-state index is 13.7. The Bertz CT molecular complexity index is 595. The maximum absolute atomic E-state index is 13.7. The van der Waals surface area contributed by atoms with Crippen LogP contribution in [0.15, 0.2) is 51.8 Å². The fraction of sp³-hybridized carbons (Fsp3) is 0.200. The molecule has 21 heavy (non-hydrogen) atoms. The molecule has 2 aromatic carbocycles. The summed E-state index contributed by atoms with van der Waals surface area (Å²) in [6, 6.07) is 12.8. The van der Waals surface area contributed by atoms with Gasteiger partial charge in [-0.15, -0.1) is 11.8 Å². The van der Waals surface area contributed by atoms with E-state index in [9.17, 15) is 4.39 Å². The Kier molecular flexibility index (Phi) is 6.05. The zero-order valence-corrected chi connectivity index (χ0v) is 13.9. The van der Waals surface area contributed by atoms with Crippen molar-refractivity contribution >= 4 is 27.7 Å². The summed E-state index contributed by atoms with van der Waals surface area (Å²) in [6.45, 7) is 0. The maximum Gasteiger partial charge on any atom is 0.165 e. The van der Waals surface area contributed by atoms with Gasteiger partial charge in [0.1, 0.15) is 0 Å². The van der Waals surface area contributed by atoms with E-state index in [0.29, 0.717) is 5.75 Å². The van der Waals surface area contributed by atoms with Crippen molar-refractivity contribution in [3.05, 3.63) is 58.3 Å². The van der Waals surface area contributed by atoms with Crippen molar-refractivity contribution in [2.24, 2.45) is 5.84 Å². The summed E-state index contributed by atoms with van der Waals surface area (Å²) in [5.74, 6) is 6.13. The predicted octanol–water partition coefficient (Wildman–Crippen LogP) is 3.89. The van der Waals surface area contributed by atoms with Crippen molar-refractivity contribution in [3.8, 4) is 5.75 Å². The number of hydrazine groups is 1. The molecule has 0 amide bonds. The van der Waals surface area contributed by atoms with Crippen LogP contribution in [0.5, 0.6) is 5.75 Å². The van der Waals surface area contributed by atoms with E-state index in [1.807, 2.05) is 30.3 Å². The molecule has 3 nitrogen and oxygen atoms in total. The van der Waals surface area contributed by atoms with Gasteiger partial charge in [-0.1, -0.05) is 22.0 Å². The fourth-order valence-corrected chi connectivity index (χ4v) is 3.09. The van der Waals surface area contributed by atoms with Gasteiger partial charge in [-0.05, 0) is 42.0 Å². The van der Waals surface area contributed by atoms with Crippen LogP contribution >= 0.6 is 27.7 Å². The quantitative estimate of drug-likeness (QED) is 0.460. The molecule has 0 spiro atoms. The van der Waals surface area contributed by atoms with Crippen LogP contribution in [-0.4, -0.2) is 12.9 Å². The van der Waals surface area contributed by atoms with Gasteiger partial charge in [0.05, 0.1) is 13.2 Å². The van der Waals surface area contributed by atoms with E-state index < -0.39 is 0 Å². The molecule has 3 N–H and O–H groups in total. The minimum Gasteiger partial charge on any atom is -0.494 e. The minimum atomic E-state index is -0.385. The number of nitrogens with two attached hydrogens (primary N) is 1. The third-order valence-corrected chi connectivity index (χ3v) is 4.64. The second kappa shape index (κ2) is 7.79. The minimum absolute atomic E-state index is 0.140. The van der Waals surface area contributed by atoms with Crippen molar-refractivity contribution in [2.45, 2.75) is 10.9 Å². The summed E-state index contributed by atoms with van der Waals surface area (Å²) in [7, 11) is 1.44. The Labute approximate surface area is 136 Å². The van der Waals surface area contributed by atoms with Gasteiger partial charge < -0.3 is 4.74 Å². The number of thioether (sulfide) groups is 1. The molecule has 0 aromatic heterocycles. The molecule has 1 unspecified atom stereocenters. The average Bonchev–Trinajstić information content (AvgIpc) is 2.50. The van der Waals surface area contributed by atoms with Gasteiger partial charge in [-0.3, -0.25) is 11.3 Å². The molecule has 0 aliphatic heterocycles. The first kappa shape index (κ1) is 16.3. The van der Waals surface area contributed by atoms with E-state index in [1.54, 1.807) is 17.8 Å². The van der Waals surface area contributed by atoms with E-state index in [0.717, 1.165) is 14.9 Å². The highest BCUT2D eigenvalue weighted by Gasteiger charge is 2.13. The first-order chi connectivity index (χ1) is 10.1. The SMILES string of the molecule is COc1ccc(C(CSc2ccc(Br)cc2)NN)cc1F. The van der Waals surface area contributed by atoms with Crippen molar-refractivity contribution in [2.75, 3.05) is 12.9 Å². The van der Waals surface area contributed by atoms with Crippen LogP contribution in [0, 0.1) is 5.82 Å². The zero-order chi connectivity index (χ0) is 15.2. The Morgan fingerprint density at radius 2 is 2.00 bits per heavy atom. The number of rotatable bonds is 6. The van der Waals surface area contributed by atoms with Crippen molar-refractivity contribution in [1.29, 1.82) is 0 Å². The summed E-state index contributed by atoms with van der Waals surface area (Å²) >= 11 is 5.06. The first-order valence-corrected chi connectivity index (χ1v) is 8.10. The van der Waals surface area contributed by atoms with Gasteiger partial charge >= 0.3 is 0 Å². The number of ether oxygens (including phenoxy) is 1. The zero-order valence-electron chi connectivity index (χ0n) is 11.5. The molecular weight excluding hydrogens is 355 g/mol. The normalized spacial score (nSPS) is 12.2. The molecule has 112 valence electrons. The second-order valence-corrected chi connectivity index (χ2v) is 6.39. The van der Waals surface area contributed by atoms with E-state index in [-0.39, 0.29) is 17.6 Å². The molecule has 1 atom stereocenters. The Morgan fingerprint density at radius 1 is 1.29 bits per heavy atom. The Morgan fingerprint density at radius 3 is 2.57 bits per heavy atom. The number of hydrogen-bond acceptors (Lipinski definition) is 4. The van der Waals surface area contributed by atoms with Crippen LogP contribution < -0.4 is 16.0 Å². The third-order valence-electron chi connectivity index (χ3n) is 3.01. The summed E-state index contributed by atoms with van der Waals surface area (Å²) in [4.78, 5) is 1.13. The number of methoxy groups -OCH3 is 1. The molecule has 0 fully saturated rings. The molecule has 0 radical (unpaired) electrons. The van der Waals surface area contributed by atoms with Crippen molar-refractivity contribution in [3.63, 3.8) is 0 Å². The van der Waals surface area contributed by atoms with Gasteiger partial charge in [0.25, 0.3) is 0 Å². The lowest BCUT2D eigenvalue weighted by molar-refractivity contribution is 0.385. The smallest absolute Gasteiger partial charge is 0.165 e. The van der Waals surface area contributed by atoms with E-state index in [1.165, 1.54) is 13.2 Å². The van der Waals surface area contributed by atoms with Crippen LogP contribution in [0.1, 0.15) is 11.6 Å². The molecule has 2 rings (SSSR count). The highest BCUT2D eigenvalue weighted by atomic mass is 79.9. The van der Waals surface area contributed by atoms with Gasteiger partial charge in [0.2, 0.25) is 0 Å². The molecule has 0 saturated carbocycles. The lowest BCUT2D eigenvalue weighted by Crippen LogP contribution is -2.29. The van der Waals surface area contributed by atoms with Crippen molar-refractivity contribution < 1.29 is 9.13 Å². The summed E-state index contributed by atoms with van der Waals surface area (Å²) in [5.41, 5.74) is 3.52. The van der Waals surface area contributed by atoms with Crippen molar-refractivity contribution in [1.82, 2.24) is 5.43 Å². The molecule has 0 bridgehead atoms. The monoisotopic (exact) mass is 370 g/mol. The molecule has 2 aromatic rings. The number of hydrogen-bond donors (Lipinski definition) is 2. The number of nitrogens with one attached hydrogen (secondary N) is 1. The number of halogens is 2. The topological polar surface area (TPSA) is 47.3 Å². The highest BCUT2D eigenvalue weighted by molar-refractivity contribution is 9.10. The Balaban J connectivity index is 2.05. The molecule has 6 heteroatoms. The molecule has 0 aliphatic rings. The van der Waals surface area contributed by atoms with Crippen LogP contribution in [0.4, 0.5) is 4.39 Å². The largest absolute Gasteiger partial charge is 0.494 e. The first-order valence-electron chi connectivity index (χ1n) is 6.32. The average molecular weight is 371 g/mol. The van der Waals surface area contributed by atoms with Crippen LogP contribution in [0.25, 0.3) is 0 Å². The summed E-state index contributed by atoms with van der Waals surface area (Å²) < 4.78 is 19.7. The van der Waals surface area contributed by atoms with Gasteiger partial charge in [0.15, 0.2) is 11.6 Å². The molecule has 0 heterocycles. The second-order valence-electron chi connectivity index (χ2n) is 4.38. The predicted molar refractivity (Wildman–Crippen MR) is 87.9 cm³/mol. The number of benzene rings is 2. The highest BCUT2D eigenvalue weighted by Crippen LogP contribution is 2.27. The van der Waals surface area contributed by atoms with Gasteiger partial charge in [-0.25, -0.2) is 4.39 Å². The molecular formula is C15H16BrFN2OS. The van der Waals surface area contributed by atoms with E-state index in [2.05, 4.69) is 21.4 Å². The van der Waals surface area contributed by atoms with Gasteiger partial charge in [-0.2, -0.15) is 0 Å². The fourth-order valence-electron chi connectivity index (χ4n) is 1.85. The van der Waals surface area contributed by atoms with Crippen LogP contribution in [0.3, 0.4) is 0 Å². The van der Waals surface area contributed by atoms with E-state index in [4.69, 9.17) is 10.6 Å². The van der Waals surface area contributed by atoms with E-state index >= 15 is 0 Å². The lowest BCUT2D eigenvalue weighted by atomic mass is 10.1. The van der Waals surface area contributed by atoms with Crippen LogP contribution in [0.2, 0.25) is 0 Å².